The van der Waals surface area contributed by atoms with Gasteiger partial charge in [-0.1, -0.05) is 142 Å². The van der Waals surface area contributed by atoms with Crippen molar-refractivity contribution in [1.29, 1.82) is 0 Å². The molecule has 2 atom stereocenters. The zero-order valence-corrected chi connectivity index (χ0v) is 20.2. The molecule has 0 heterocycles. The summed E-state index contributed by atoms with van der Waals surface area (Å²) in [6, 6.07) is 3.33. The summed E-state index contributed by atoms with van der Waals surface area (Å²) in [6.45, 7) is 10.0. The van der Waals surface area contributed by atoms with E-state index in [1.54, 1.807) is 24.9 Å². The molecule has 0 nitrogen and oxygen atoms in total. The minimum Gasteiger partial charge on any atom is -0.0741 e. The summed E-state index contributed by atoms with van der Waals surface area (Å²) in [5.74, 6) is 0. The van der Waals surface area contributed by atoms with Crippen molar-refractivity contribution in [3.63, 3.8) is 0 Å². The van der Waals surface area contributed by atoms with E-state index in [1.165, 1.54) is 89.9 Å². The van der Waals surface area contributed by atoms with Gasteiger partial charge in [-0.2, -0.15) is 0 Å². The topological polar surface area (TPSA) is 0 Å². The monoisotopic (exact) mass is 370 g/mol. The average Bonchev–Trinajstić information content (AvgIpc) is 2.59. The van der Waals surface area contributed by atoms with Gasteiger partial charge in [0.05, 0.1) is 0 Å². The first-order chi connectivity index (χ1) is 11.7. The molecule has 0 fully saturated rings. The molecule has 0 aromatic carbocycles. The number of unbranched alkanes of at least 4 members (excludes halogenated alkanes) is 14. The van der Waals surface area contributed by atoms with Crippen LogP contribution in [0.3, 0.4) is 0 Å². The summed E-state index contributed by atoms with van der Waals surface area (Å²) in [5.41, 5.74) is 0. The van der Waals surface area contributed by atoms with E-state index in [4.69, 9.17) is 0 Å². The minimum atomic E-state index is -0.302. The standard InChI is InChI=1S/C22H50Si2/c1-5-7-9-11-13-15-17-19-21-23(3)24(4)22-20-18-16-14-12-10-8-6-2/h23-24H,5-22H2,1-4H3. The van der Waals surface area contributed by atoms with Crippen LogP contribution in [0.1, 0.15) is 117 Å². The molecule has 0 aliphatic rings. The van der Waals surface area contributed by atoms with Crippen LogP contribution in [0.4, 0.5) is 0 Å². The molecule has 0 aliphatic heterocycles. The first-order valence-electron chi connectivity index (χ1n) is 11.7. The Kier molecular flexibility index (Phi) is 20.1. The molecule has 2 heteroatoms. The van der Waals surface area contributed by atoms with Crippen LogP contribution in [0.25, 0.3) is 0 Å². The van der Waals surface area contributed by atoms with Crippen LogP contribution in [-0.4, -0.2) is 16.6 Å². The second-order valence-electron chi connectivity index (χ2n) is 8.48. The fourth-order valence-electron chi connectivity index (χ4n) is 3.77. The second-order valence-corrected chi connectivity index (χ2v) is 20.4. The molecule has 2 unspecified atom stereocenters. The normalized spacial score (nSPS) is 14.0. The second kappa shape index (κ2) is 19.8. The van der Waals surface area contributed by atoms with Gasteiger partial charge < -0.3 is 0 Å². The fourth-order valence-corrected chi connectivity index (χ4v) is 11.6. The quantitative estimate of drug-likeness (QED) is 0.159. The molecule has 0 aromatic heterocycles. The average molecular weight is 371 g/mol. The summed E-state index contributed by atoms with van der Waals surface area (Å²) in [4.78, 5) is 0. The van der Waals surface area contributed by atoms with Crippen molar-refractivity contribution >= 4 is 16.6 Å². The van der Waals surface area contributed by atoms with Crippen LogP contribution < -0.4 is 0 Å². The lowest BCUT2D eigenvalue weighted by atomic mass is 10.1. The van der Waals surface area contributed by atoms with Crippen molar-refractivity contribution in [2.45, 2.75) is 142 Å². The highest BCUT2D eigenvalue weighted by atomic mass is 29.2. The van der Waals surface area contributed by atoms with E-state index in [2.05, 4.69) is 26.9 Å². The third-order valence-electron chi connectivity index (χ3n) is 6.00. The van der Waals surface area contributed by atoms with Crippen LogP contribution in [-0.2, 0) is 0 Å². The van der Waals surface area contributed by atoms with Crippen LogP contribution in [0.2, 0.25) is 25.2 Å². The van der Waals surface area contributed by atoms with Gasteiger partial charge in [0.25, 0.3) is 0 Å². The zero-order chi connectivity index (χ0) is 17.9. The zero-order valence-electron chi connectivity index (χ0n) is 17.9. The molecule has 0 N–H and O–H groups in total. The van der Waals surface area contributed by atoms with Gasteiger partial charge in [0, 0.05) is 16.6 Å². The predicted octanol–water partition coefficient (Wildman–Crippen LogP) is 8.06. The van der Waals surface area contributed by atoms with Crippen LogP contribution in [0.5, 0.6) is 0 Å². The minimum absolute atomic E-state index is 0.302. The van der Waals surface area contributed by atoms with E-state index >= 15 is 0 Å². The van der Waals surface area contributed by atoms with Gasteiger partial charge in [-0.25, -0.2) is 0 Å². The highest BCUT2D eigenvalue weighted by Gasteiger charge is 2.14. The van der Waals surface area contributed by atoms with E-state index in [0.717, 1.165) is 0 Å². The van der Waals surface area contributed by atoms with Gasteiger partial charge in [-0.05, 0) is 0 Å². The van der Waals surface area contributed by atoms with Gasteiger partial charge in [0.15, 0.2) is 0 Å². The molecule has 0 saturated heterocycles. The summed E-state index contributed by atoms with van der Waals surface area (Å²) in [6.07, 6.45) is 23.8. The largest absolute Gasteiger partial charge is 0.0741 e. The third kappa shape index (κ3) is 17.3. The molecule has 0 aromatic rings. The highest BCUT2D eigenvalue weighted by molar-refractivity contribution is 7.21. The smallest absolute Gasteiger partial charge is 0.0246 e. The molecule has 0 aliphatic carbocycles. The molecule has 0 spiro atoms. The Morgan fingerprint density at radius 3 is 0.917 bits per heavy atom. The van der Waals surface area contributed by atoms with E-state index in [0.29, 0.717) is 0 Å². The molecule has 24 heavy (non-hydrogen) atoms. The summed E-state index contributed by atoms with van der Waals surface area (Å²) in [7, 11) is -0.603. The van der Waals surface area contributed by atoms with Gasteiger partial charge in [0.1, 0.15) is 0 Å². The lowest BCUT2D eigenvalue weighted by Crippen LogP contribution is -2.29. The van der Waals surface area contributed by atoms with Gasteiger partial charge >= 0.3 is 0 Å². The summed E-state index contributed by atoms with van der Waals surface area (Å²) < 4.78 is 0. The Morgan fingerprint density at radius 2 is 0.625 bits per heavy atom. The molecular formula is C22H50Si2. The number of hydrogen-bond acceptors (Lipinski definition) is 0. The van der Waals surface area contributed by atoms with E-state index in [9.17, 15) is 0 Å². The Labute approximate surface area is 158 Å². The lowest BCUT2D eigenvalue weighted by Gasteiger charge is -2.17. The Hall–Kier alpha value is 0.434. The van der Waals surface area contributed by atoms with Crippen molar-refractivity contribution in [3.8, 4) is 0 Å². The first-order valence-corrected chi connectivity index (χ1v) is 18.3. The first kappa shape index (κ1) is 24.4. The molecular weight excluding hydrogens is 320 g/mol. The van der Waals surface area contributed by atoms with Crippen LogP contribution in [0.15, 0.2) is 0 Å². The molecule has 0 radical (unpaired) electrons. The van der Waals surface area contributed by atoms with Crippen molar-refractivity contribution < 1.29 is 0 Å². The van der Waals surface area contributed by atoms with Crippen LogP contribution in [0, 0.1) is 0 Å². The SMILES string of the molecule is CCCCCCCCCC[SiH](C)[SiH](C)CCCCCCCCCC. The third-order valence-corrected chi connectivity index (χ3v) is 18.4. The molecule has 0 saturated carbocycles. The predicted molar refractivity (Wildman–Crippen MR) is 121 cm³/mol. The van der Waals surface area contributed by atoms with E-state index in [-0.39, 0.29) is 16.6 Å². The maximum atomic E-state index is 2.70. The van der Waals surface area contributed by atoms with Crippen molar-refractivity contribution in [2.24, 2.45) is 0 Å². The maximum Gasteiger partial charge on any atom is 0.0246 e. The van der Waals surface area contributed by atoms with Gasteiger partial charge in [-0.3, -0.25) is 0 Å². The number of hydrogen-bond donors (Lipinski definition) is 0. The molecule has 146 valence electrons. The highest BCUT2D eigenvalue weighted by Crippen LogP contribution is 2.15. The molecule has 0 rings (SSSR count). The van der Waals surface area contributed by atoms with Crippen LogP contribution >= 0.6 is 0 Å². The number of rotatable bonds is 19. The van der Waals surface area contributed by atoms with E-state index < -0.39 is 0 Å². The lowest BCUT2D eigenvalue weighted by molar-refractivity contribution is 0.584. The molecule has 0 amide bonds. The Balaban J connectivity index is 3.32. The van der Waals surface area contributed by atoms with Gasteiger partial charge in [0.2, 0.25) is 0 Å². The molecule has 0 bridgehead atoms. The van der Waals surface area contributed by atoms with E-state index in [1.807, 2.05) is 0 Å². The van der Waals surface area contributed by atoms with Crippen molar-refractivity contribution in [3.05, 3.63) is 0 Å². The van der Waals surface area contributed by atoms with Crippen molar-refractivity contribution in [2.75, 3.05) is 0 Å². The summed E-state index contributed by atoms with van der Waals surface area (Å²) >= 11 is 0. The van der Waals surface area contributed by atoms with Crippen molar-refractivity contribution in [1.82, 2.24) is 0 Å². The summed E-state index contributed by atoms with van der Waals surface area (Å²) in [5, 5.41) is 0. The van der Waals surface area contributed by atoms with Gasteiger partial charge in [-0.15, -0.1) is 0 Å². The maximum absolute atomic E-state index is 2.70. The fraction of sp³-hybridized carbons (Fsp3) is 1.00. The Morgan fingerprint density at radius 1 is 0.375 bits per heavy atom. The Bertz CT molecular complexity index is 206.